The Hall–Kier alpha value is -1.42. The van der Waals surface area contributed by atoms with Gasteiger partial charge in [-0.1, -0.05) is 32.9 Å². The fraction of sp³-hybridized carbons (Fsp3) is 0.562. The lowest BCUT2D eigenvalue weighted by molar-refractivity contribution is -0.141. The van der Waals surface area contributed by atoms with Crippen LogP contribution >= 0.6 is 0 Å². The second kappa shape index (κ2) is 8.00. The molecule has 1 aromatic carbocycles. The number of aliphatic carboxylic acids is 1. The van der Waals surface area contributed by atoms with Gasteiger partial charge >= 0.3 is 5.97 Å². The molecule has 0 aliphatic carbocycles. The van der Waals surface area contributed by atoms with Crippen LogP contribution in [0.2, 0.25) is 0 Å². The van der Waals surface area contributed by atoms with Crippen molar-refractivity contribution < 1.29 is 14.3 Å². The van der Waals surface area contributed by atoms with E-state index in [4.69, 9.17) is 5.11 Å². The molecule has 1 aromatic rings. The minimum absolute atomic E-state index is 0.229. The number of carboxylic acids is 1. The van der Waals surface area contributed by atoms with Crippen LogP contribution in [0.15, 0.2) is 24.3 Å². The number of hydrogen-bond donors (Lipinski definition) is 1. The summed E-state index contributed by atoms with van der Waals surface area (Å²) in [6.45, 7) is 8.19. The van der Waals surface area contributed by atoms with Gasteiger partial charge in [0.2, 0.25) is 0 Å². The van der Waals surface area contributed by atoms with Gasteiger partial charge in [-0.05, 0) is 30.0 Å². The van der Waals surface area contributed by atoms with E-state index in [1.165, 1.54) is 12.1 Å². The summed E-state index contributed by atoms with van der Waals surface area (Å²) in [6, 6.07) is 6.48. The van der Waals surface area contributed by atoms with Gasteiger partial charge in [-0.15, -0.1) is 0 Å². The van der Waals surface area contributed by atoms with Crippen LogP contribution in [-0.2, 0) is 11.2 Å². The van der Waals surface area contributed by atoms with E-state index in [2.05, 4.69) is 18.7 Å². The van der Waals surface area contributed by atoms with Crippen LogP contribution < -0.4 is 0 Å². The first kappa shape index (κ1) is 16.6. The highest BCUT2D eigenvalue weighted by Crippen LogP contribution is 2.08. The Morgan fingerprint density at radius 2 is 1.80 bits per heavy atom. The first-order valence-electron chi connectivity index (χ1n) is 7.08. The van der Waals surface area contributed by atoms with E-state index < -0.39 is 5.97 Å². The largest absolute Gasteiger partial charge is 0.481 e. The average Bonchev–Trinajstić information content (AvgIpc) is 2.37. The van der Waals surface area contributed by atoms with Gasteiger partial charge < -0.3 is 10.0 Å². The predicted molar refractivity (Wildman–Crippen MR) is 78.2 cm³/mol. The molecule has 0 spiro atoms. The van der Waals surface area contributed by atoms with Gasteiger partial charge in [0.05, 0.1) is 5.92 Å². The van der Waals surface area contributed by atoms with Gasteiger partial charge in [-0.2, -0.15) is 0 Å². The number of hydrogen-bond acceptors (Lipinski definition) is 2. The molecule has 1 rings (SSSR count). The minimum Gasteiger partial charge on any atom is -0.481 e. The first-order chi connectivity index (χ1) is 9.38. The summed E-state index contributed by atoms with van der Waals surface area (Å²) < 4.78 is 12.8. The molecule has 0 radical (unpaired) electrons. The maximum absolute atomic E-state index is 12.8. The summed E-state index contributed by atoms with van der Waals surface area (Å²) in [5.74, 6) is -0.876. The summed E-state index contributed by atoms with van der Waals surface area (Å²) in [7, 11) is 0. The molecule has 0 aliphatic rings. The fourth-order valence-electron chi connectivity index (χ4n) is 2.18. The number of benzene rings is 1. The van der Waals surface area contributed by atoms with Crippen molar-refractivity contribution in [1.82, 2.24) is 4.90 Å². The third-order valence-electron chi connectivity index (χ3n) is 3.21. The molecule has 1 N–H and O–H groups in total. The smallest absolute Gasteiger partial charge is 0.307 e. The Morgan fingerprint density at radius 1 is 1.20 bits per heavy atom. The van der Waals surface area contributed by atoms with Crippen LogP contribution in [0.3, 0.4) is 0 Å². The molecule has 0 bridgehead atoms. The third kappa shape index (κ3) is 6.15. The van der Waals surface area contributed by atoms with Crippen LogP contribution in [-0.4, -0.2) is 35.6 Å². The third-order valence-corrected chi connectivity index (χ3v) is 3.21. The van der Waals surface area contributed by atoms with Crippen molar-refractivity contribution in [3.8, 4) is 0 Å². The summed E-state index contributed by atoms with van der Waals surface area (Å²) in [6.07, 6.45) is 0.805. The Morgan fingerprint density at radius 3 is 2.30 bits per heavy atom. The van der Waals surface area contributed by atoms with Gasteiger partial charge in [0.1, 0.15) is 5.82 Å². The van der Waals surface area contributed by atoms with E-state index in [1.807, 2.05) is 0 Å². The molecule has 3 nitrogen and oxygen atoms in total. The molecule has 0 saturated heterocycles. The lowest BCUT2D eigenvalue weighted by Crippen LogP contribution is -2.36. The van der Waals surface area contributed by atoms with E-state index >= 15 is 0 Å². The standard InChI is InChI=1S/C16H24FNO2/c1-12(2)10-18(11-13(3)16(19)20)9-8-14-4-6-15(17)7-5-14/h4-7,12-13H,8-11H2,1-3H3,(H,19,20). The SMILES string of the molecule is CC(C)CN(CCc1ccc(F)cc1)CC(C)C(=O)O. The average molecular weight is 281 g/mol. The molecule has 1 atom stereocenters. The van der Waals surface area contributed by atoms with Gasteiger partial charge in [0.25, 0.3) is 0 Å². The second-order valence-electron chi connectivity index (χ2n) is 5.77. The predicted octanol–water partition coefficient (Wildman–Crippen LogP) is 3.05. The van der Waals surface area contributed by atoms with Crippen molar-refractivity contribution in [3.63, 3.8) is 0 Å². The summed E-state index contributed by atoms with van der Waals surface area (Å²) in [5, 5.41) is 9.01. The van der Waals surface area contributed by atoms with Crippen LogP contribution in [0.25, 0.3) is 0 Å². The van der Waals surface area contributed by atoms with E-state index in [1.54, 1.807) is 19.1 Å². The molecule has 4 heteroatoms. The van der Waals surface area contributed by atoms with Gasteiger partial charge in [0.15, 0.2) is 0 Å². The molecule has 0 fully saturated rings. The molecular formula is C16H24FNO2. The van der Waals surface area contributed by atoms with Crippen molar-refractivity contribution >= 4 is 5.97 Å². The fourth-order valence-corrected chi connectivity index (χ4v) is 2.18. The topological polar surface area (TPSA) is 40.5 Å². The lowest BCUT2D eigenvalue weighted by atomic mass is 10.1. The number of carbonyl (C=O) groups is 1. The van der Waals surface area contributed by atoms with Gasteiger partial charge in [-0.3, -0.25) is 4.79 Å². The van der Waals surface area contributed by atoms with Crippen LogP contribution in [0, 0.1) is 17.7 Å². The van der Waals surface area contributed by atoms with Crippen molar-refractivity contribution in [3.05, 3.63) is 35.6 Å². The van der Waals surface area contributed by atoms with E-state index in [9.17, 15) is 9.18 Å². The van der Waals surface area contributed by atoms with E-state index in [-0.39, 0.29) is 11.7 Å². The van der Waals surface area contributed by atoms with E-state index in [0.29, 0.717) is 12.5 Å². The Bertz CT molecular complexity index is 417. The van der Waals surface area contributed by atoms with Crippen molar-refractivity contribution in [2.24, 2.45) is 11.8 Å². The molecule has 0 amide bonds. The lowest BCUT2D eigenvalue weighted by Gasteiger charge is -2.26. The molecule has 1 unspecified atom stereocenters. The normalized spacial score (nSPS) is 12.9. The summed E-state index contributed by atoms with van der Waals surface area (Å²) >= 11 is 0. The molecule has 0 saturated carbocycles. The highest BCUT2D eigenvalue weighted by molar-refractivity contribution is 5.69. The zero-order chi connectivity index (χ0) is 15.1. The van der Waals surface area contributed by atoms with Gasteiger partial charge in [0, 0.05) is 19.6 Å². The summed E-state index contributed by atoms with van der Waals surface area (Å²) in [4.78, 5) is 13.1. The number of carboxylic acid groups (broad SMARTS) is 1. The Kier molecular flexibility index (Phi) is 6.65. The molecule has 0 heterocycles. The van der Waals surface area contributed by atoms with Crippen LogP contribution in [0.1, 0.15) is 26.3 Å². The molecular weight excluding hydrogens is 257 g/mol. The number of halogens is 1. The highest BCUT2D eigenvalue weighted by Gasteiger charge is 2.16. The first-order valence-corrected chi connectivity index (χ1v) is 7.08. The van der Waals surface area contributed by atoms with Gasteiger partial charge in [-0.25, -0.2) is 4.39 Å². The van der Waals surface area contributed by atoms with E-state index in [0.717, 1.165) is 25.1 Å². The zero-order valence-corrected chi connectivity index (χ0v) is 12.5. The Labute approximate surface area is 120 Å². The molecule has 112 valence electrons. The maximum atomic E-state index is 12.8. The molecule has 0 aliphatic heterocycles. The molecule has 0 aromatic heterocycles. The van der Waals surface area contributed by atoms with Crippen molar-refractivity contribution in [1.29, 1.82) is 0 Å². The van der Waals surface area contributed by atoms with Crippen LogP contribution in [0.4, 0.5) is 4.39 Å². The number of rotatable bonds is 8. The Balaban J connectivity index is 2.55. The van der Waals surface area contributed by atoms with Crippen molar-refractivity contribution in [2.45, 2.75) is 27.2 Å². The quantitative estimate of drug-likeness (QED) is 0.796. The summed E-state index contributed by atoms with van der Waals surface area (Å²) in [5.41, 5.74) is 1.07. The number of nitrogens with zero attached hydrogens (tertiary/aromatic N) is 1. The second-order valence-corrected chi connectivity index (χ2v) is 5.77. The van der Waals surface area contributed by atoms with Crippen LogP contribution in [0.5, 0.6) is 0 Å². The zero-order valence-electron chi connectivity index (χ0n) is 12.5. The monoisotopic (exact) mass is 281 g/mol. The van der Waals surface area contributed by atoms with Crippen molar-refractivity contribution in [2.75, 3.05) is 19.6 Å². The molecule has 20 heavy (non-hydrogen) atoms. The maximum Gasteiger partial charge on any atom is 0.307 e. The minimum atomic E-state index is -0.763. The highest BCUT2D eigenvalue weighted by atomic mass is 19.1.